The number of rotatable bonds is 4. The van der Waals surface area contributed by atoms with Crippen LogP contribution in [-0.2, 0) is 5.41 Å². The van der Waals surface area contributed by atoms with Gasteiger partial charge in [-0.15, -0.1) is 0 Å². The summed E-state index contributed by atoms with van der Waals surface area (Å²) < 4.78 is 6.59. The summed E-state index contributed by atoms with van der Waals surface area (Å²) in [6.45, 7) is 0. The van der Waals surface area contributed by atoms with Crippen molar-refractivity contribution in [3.8, 4) is 33.8 Å². The quantitative estimate of drug-likeness (QED) is 0.193. The zero-order chi connectivity index (χ0) is 32.4. The molecule has 1 spiro atoms. The van der Waals surface area contributed by atoms with Gasteiger partial charge in [0.25, 0.3) is 0 Å². The second-order valence-electron chi connectivity index (χ2n) is 12.9. The number of benzene rings is 8. The maximum atomic E-state index is 6.59. The van der Waals surface area contributed by atoms with E-state index in [-0.39, 0.29) is 0 Å². The molecule has 0 aromatic heterocycles. The van der Waals surface area contributed by atoms with Gasteiger partial charge < -0.3 is 9.64 Å². The lowest BCUT2D eigenvalue weighted by Crippen LogP contribution is -2.32. The predicted molar refractivity (Wildman–Crippen MR) is 201 cm³/mol. The smallest absolute Gasteiger partial charge is 0.132 e. The highest BCUT2D eigenvalue weighted by Gasteiger charge is 2.51. The first-order valence-electron chi connectivity index (χ1n) is 16.9. The molecule has 2 heteroatoms. The molecule has 230 valence electrons. The third-order valence-electron chi connectivity index (χ3n) is 10.3. The summed E-state index contributed by atoms with van der Waals surface area (Å²) in [7, 11) is 0. The molecule has 8 aromatic carbocycles. The van der Waals surface area contributed by atoms with Crippen molar-refractivity contribution < 1.29 is 4.74 Å². The van der Waals surface area contributed by atoms with Gasteiger partial charge in [-0.25, -0.2) is 0 Å². The number of anilines is 3. The SMILES string of the molecule is c1ccc(-c2ccc(N(c3ccccc3)c3ccc4c(c3)-c3c(ccc5ccccc35)C43c4ccccc4Oc4ccccc43)cc2)cc1. The zero-order valence-electron chi connectivity index (χ0n) is 26.8. The van der Waals surface area contributed by atoms with Gasteiger partial charge in [-0.1, -0.05) is 140 Å². The molecule has 2 nitrogen and oxygen atoms in total. The molecule has 2 aliphatic rings. The van der Waals surface area contributed by atoms with Crippen LogP contribution in [0.15, 0.2) is 188 Å². The van der Waals surface area contributed by atoms with Crippen LogP contribution < -0.4 is 9.64 Å². The number of para-hydroxylation sites is 3. The van der Waals surface area contributed by atoms with E-state index in [1.807, 2.05) is 0 Å². The molecule has 0 saturated carbocycles. The first kappa shape index (κ1) is 27.7. The molecule has 0 amide bonds. The van der Waals surface area contributed by atoms with Crippen molar-refractivity contribution in [2.45, 2.75) is 5.41 Å². The highest BCUT2D eigenvalue weighted by atomic mass is 16.5. The first-order chi connectivity index (χ1) is 24.3. The fraction of sp³-hybridized carbons (Fsp3) is 0.0213. The highest BCUT2D eigenvalue weighted by molar-refractivity contribution is 6.05. The lowest BCUT2D eigenvalue weighted by atomic mass is 9.66. The zero-order valence-corrected chi connectivity index (χ0v) is 26.8. The Labute approximate surface area is 286 Å². The normalized spacial score (nSPS) is 13.2. The van der Waals surface area contributed by atoms with Crippen molar-refractivity contribution in [2.24, 2.45) is 0 Å². The highest BCUT2D eigenvalue weighted by Crippen LogP contribution is 2.63. The molecular weight excluding hydrogens is 595 g/mol. The van der Waals surface area contributed by atoms with Crippen LogP contribution in [0.1, 0.15) is 22.3 Å². The van der Waals surface area contributed by atoms with Crippen molar-refractivity contribution in [3.05, 3.63) is 210 Å². The van der Waals surface area contributed by atoms with E-state index < -0.39 is 5.41 Å². The number of nitrogens with zero attached hydrogens (tertiary/aromatic N) is 1. The van der Waals surface area contributed by atoms with E-state index in [0.29, 0.717) is 0 Å². The lowest BCUT2D eigenvalue weighted by molar-refractivity contribution is 0.436. The maximum absolute atomic E-state index is 6.59. The standard InChI is InChI=1S/C47H31NO/c1-3-13-32(14-4-1)33-23-26-36(27-24-33)48(35-16-5-2-6-17-35)37-28-30-40-39(31-37)46-38-18-8-7-15-34(38)25-29-43(46)47(40)41-19-9-11-21-44(41)49-45-22-12-10-20-42(45)47/h1-31H. The van der Waals surface area contributed by atoms with E-state index in [1.165, 1.54) is 55.3 Å². The second kappa shape index (κ2) is 10.8. The maximum Gasteiger partial charge on any atom is 0.132 e. The molecule has 0 radical (unpaired) electrons. The van der Waals surface area contributed by atoms with Crippen LogP contribution in [-0.4, -0.2) is 0 Å². The second-order valence-corrected chi connectivity index (χ2v) is 12.9. The minimum atomic E-state index is -0.520. The van der Waals surface area contributed by atoms with E-state index in [9.17, 15) is 0 Å². The Bertz CT molecular complexity index is 2470. The van der Waals surface area contributed by atoms with Gasteiger partial charge in [-0.2, -0.15) is 0 Å². The Morgan fingerprint density at radius 1 is 0.388 bits per heavy atom. The fourth-order valence-electron chi connectivity index (χ4n) is 8.26. The van der Waals surface area contributed by atoms with E-state index in [2.05, 4.69) is 193 Å². The summed E-state index contributed by atoms with van der Waals surface area (Å²) in [6, 6.07) is 67.8. The molecule has 8 aromatic rings. The van der Waals surface area contributed by atoms with Crippen LogP contribution in [0, 0.1) is 0 Å². The van der Waals surface area contributed by atoms with Crippen LogP contribution in [0.3, 0.4) is 0 Å². The topological polar surface area (TPSA) is 12.5 Å². The average molecular weight is 626 g/mol. The van der Waals surface area contributed by atoms with Gasteiger partial charge in [-0.05, 0) is 92.7 Å². The molecule has 0 saturated heterocycles. The van der Waals surface area contributed by atoms with Gasteiger partial charge in [0.05, 0.1) is 5.41 Å². The van der Waals surface area contributed by atoms with Gasteiger partial charge >= 0.3 is 0 Å². The minimum Gasteiger partial charge on any atom is -0.457 e. The van der Waals surface area contributed by atoms with E-state index in [4.69, 9.17) is 4.74 Å². The molecule has 49 heavy (non-hydrogen) atoms. The average Bonchev–Trinajstić information content (AvgIpc) is 3.46. The van der Waals surface area contributed by atoms with Gasteiger partial charge in [-0.3, -0.25) is 0 Å². The molecule has 1 aliphatic carbocycles. The van der Waals surface area contributed by atoms with Crippen LogP contribution in [0.4, 0.5) is 17.1 Å². The minimum absolute atomic E-state index is 0.520. The Morgan fingerprint density at radius 2 is 0.939 bits per heavy atom. The van der Waals surface area contributed by atoms with Crippen molar-refractivity contribution in [1.29, 1.82) is 0 Å². The molecule has 0 bridgehead atoms. The summed E-state index contributed by atoms with van der Waals surface area (Å²) in [4.78, 5) is 2.37. The summed E-state index contributed by atoms with van der Waals surface area (Å²) >= 11 is 0. The molecule has 10 rings (SSSR count). The Balaban J connectivity index is 1.25. The Kier molecular flexibility index (Phi) is 6.13. The van der Waals surface area contributed by atoms with Crippen LogP contribution in [0.2, 0.25) is 0 Å². The lowest BCUT2D eigenvalue weighted by Gasteiger charge is -2.39. The summed E-state index contributed by atoms with van der Waals surface area (Å²) in [6.07, 6.45) is 0. The van der Waals surface area contributed by atoms with Crippen LogP contribution >= 0.6 is 0 Å². The van der Waals surface area contributed by atoms with E-state index in [1.54, 1.807) is 0 Å². The summed E-state index contributed by atoms with van der Waals surface area (Å²) in [5, 5.41) is 2.50. The molecule has 1 aliphatic heterocycles. The fourth-order valence-corrected chi connectivity index (χ4v) is 8.26. The van der Waals surface area contributed by atoms with Crippen molar-refractivity contribution >= 4 is 27.8 Å². The largest absolute Gasteiger partial charge is 0.457 e. The van der Waals surface area contributed by atoms with Gasteiger partial charge in [0, 0.05) is 28.2 Å². The summed E-state index contributed by atoms with van der Waals surface area (Å²) in [5.74, 6) is 1.81. The van der Waals surface area contributed by atoms with E-state index >= 15 is 0 Å². The first-order valence-corrected chi connectivity index (χ1v) is 16.9. The van der Waals surface area contributed by atoms with Crippen LogP contribution in [0.5, 0.6) is 11.5 Å². The molecule has 1 heterocycles. The van der Waals surface area contributed by atoms with Gasteiger partial charge in [0.15, 0.2) is 0 Å². The third-order valence-corrected chi connectivity index (χ3v) is 10.3. The third kappa shape index (κ3) is 4.07. The van der Waals surface area contributed by atoms with Crippen LogP contribution in [0.25, 0.3) is 33.0 Å². The Hall–Kier alpha value is -6.38. The van der Waals surface area contributed by atoms with Crippen molar-refractivity contribution in [2.75, 3.05) is 4.90 Å². The number of fused-ring (bicyclic) bond motifs is 11. The number of hydrogen-bond donors (Lipinski definition) is 0. The summed E-state index contributed by atoms with van der Waals surface area (Å²) in [5.41, 5.74) is 12.7. The predicted octanol–water partition coefficient (Wildman–Crippen LogP) is 12.4. The number of ether oxygens (including phenoxy) is 1. The van der Waals surface area contributed by atoms with Crippen molar-refractivity contribution in [3.63, 3.8) is 0 Å². The van der Waals surface area contributed by atoms with Gasteiger partial charge in [0.1, 0.15) is 11.5 Å². The van der Waals surface area contributed by atoms with Gasteiger partial charge in [0.2, 0.25) is 0 Å². The number of hydrogen-bond acceptors (Lipinski definition) is 2. The monoisotopic (exact) mass is 625 g/mol. The molecule has 0 N–H and O–H groups in total. The molecule has 0 fully saturated rings. The molecular formula is C47H31NO. The van der Waals surface area contributed by atoms with Crippen molar-refractivity contribution in [1.82, 2.24) is 0 Å². The Morgan fingerprint density at radius 3 is 1.67 bits per heavy atom. The molecule has 0 atom stereocenters. The van der Waals surface area contributed by atoms with E-state index in [0.717, 1.165) is 28.6 Å². The molecule has 0 unspecified atom stereocenters.